The summed E-state index contributed by atoms with van der Waals surface area (Å²) in [7, 11) is 0. The fourth-order valence-electron chi connectivity index (χ4n) is 1.09. The van der Waals surface area contributed by atoms with Gasteiger partial charge >= 0.3 is 0 Å². The number of halogens is 1. The maximum atomic E-state index is 12.4. The second kappa shape index (κ2) is 2.44. The van der Waals surface area contributed by atoms with Gasteiger partial charge in [0.25, 0.3) is 0 Å². The Labute approximate surface area is 49.3 Å². The predicted molar refractivity (Wildman–Crippen MR) is 31.5 cm³/mol. The topological polar surface area (TPSA) is 12.0 Å². The molecule has 1 aliphatic heterocycles. The molecule has 1 rings (SSSR count). The van der Waals surface area contributed by atoms with Crippen LogP contribution in [-0.4, -0.2) is 19.3 Å². The van der Waals surface area contributed by atoms with Crippen LogP contribution in [0.25, 0.3) is 0 Å². The molecule has 0 aromatic heterocycles. The highest BCUT2D eigenvalue weighted by molar-refractivity contribution is 4.71. The van der Waals surface area contributed by atoms with Crippen LogP contribution in [0.15, 0.2) is 0 Å². The van der Waals surface area contributed by atoms with Gasteiger partial charge in [0.15, 0.2) is 0 Å². The minimum absolute atomic E-state index is 0.527. The predicted octanol–water partition coefficient (Wildman–Crippen LogP) is 0.954. The van der Waals surface area contributed by atoms with Crippen LogP contribution < -0.4 is 5.32 Å². The molecule has 0 bridgehead atoms. The van der Waals surface area contributed by atoms with Gasteiger partial charge in [-0.05, 0) is 18.9 Å². The lowest BCUT2D eigenvalue weighted by Gasteiger charge is -2.21. The molecule has 1 N–H and O–H groups in total. The fraction of sp³-hybridized carbons (Fsp3) is 1.00. The van der Waals surface area contributed by atoms with Gasteiger partial charge in [-0.15, -0.1) is 0 Å². The molecule has 2 heteroatoms. The average Bonchev–Trinajstić information content (AvgIpc) is 1.64. The number of hydrogen-bond acceptors (Lipinski definition) is 1. The number of hydrogen-bond donors (Lipinski definition) is 1. The third kappa shape index (κ3) is 1.44. The summed E-state index contributed by atoms with van der Waals surface area (Å²) >= 11 is 0. The van der Waals surface area contributed by atoms with Gasteiger partial charge in [-0.3, -0.25) is 0 Å². The SMILES string of the molecule is C[C@H]1CNCC(F)C1. The van der Waals surface area contributed by atoms with E-state index in [0.29, 0.717) is 12.5 Å². The van der Waals surface area contributed by atoms with Gasteiger partial charge in [0, 0.05) is 6.54 Å². The second-order valence-corrected chi connectivity index (χ2v) is 2.60. The van der Waals surface area contributed by atoms with Crippen LogP contribution in [-0.2, 0) is 0 Å². The maximum absolute atomic E-state index is 12.4. The third-order valence-electron chi connectivity index (χ3n) is 1.52. The third-order valence-corrected chi connectivity index (χ3v) is 1.52. The number of nitrogens with one attached hydrogen (secondary N) is 1. The minimum Gasteiger partial charge on any atom is -0.314 e. The van der Waals surface area contributed by atoms with Crippen molar-refractivity contribution < 1.29 is 4.39 Å². The van der Waals surface area contributed by atoms with E-state index in [0.717, 1.165) is 13.0 Å². The lowest BCUT2D eigenvalue weighted by molar-refractivity contribution is 0.224. The number of rotatable bonds is 0. The van der Waals surface area contributed by atoms with Crippen LogP contribution in [0, 0.1) is 5.92 Å². The van der Waals surface area contributed by atoms with E-state index in [4.69, 9.17) is 0 Å². The lowest BCUT2D eigenvalue weighted by atomic mass is 10.0. The van der Waals surface area contributed by atoms with Gasteiger partial charge in [0.1, 0.15) is 6.17 Å². The summed E-state index contributed by atoms with van der Waals surface area (Å²) in [5.41, 5.74) is 0. The van der Waals surface area contributed by atoms with E-state index in [9.17, 15) is 4.39 Å². The molecule has 1 unspecified atom stereocenters. The van der Waals surface area contributed by atoms with Crippen molar-refractivity contribution in [2.24, 2.45) is 5.92 Å². The highest BCUT2D eigenvalue weighted by atomic mass is 19.1. The Bertz CT molecular complexity index is 66.9. The largest absolute Gasteiger partial charge is 0.314 e. The standard InChI is InChI=1S/C6H12FN/c1-5-2-6(7)4-8-3-5/h5-6,8H,2-4H2,1H3/t5-,6?/m1/s1. The molecule has 1 fully saturated rings. The van der Waals surface area contributed by atoms with Crippen molar-refractivity contribution >= 4 is 0 Å². The monoisotopic (exact) mass is 117 g/mol. The molecule has 8 heavy (non-hydrogen) atoms. The first kappa shape index (κ1) is 6.02. The quantitative estimate of drug-likeness (QED) is 0.498. The molecule has 1 aliphatic rings. The van der Waals surface area contributed by atoms with Gasteiger partial charge in [-0.2, -0.15) is 0 Å². The number of alkyl halides is 1. The Morgan fingerprint density at radius 2 is 2.25 bits per heavy atom. The summed E-state index contributed by atoms with van der Waals surface area (Å²) in [6, 6.07) is 0. The molecule has 0 saturated carbocycles. The van der Waals surface area contributed by atoms with Gasteiger partial charge in [0.2, 0.25) is 0 Å². The molecule has 0 spiro atoms. The minimum atomic E-state index is -0.598. The fourth-order valence-corrected chi connectivity index (χ4v) is 1.09. The van der Waals surface area contributed by atoms with E-state index < -0.39 is 6.17 Å². The summed E-state index contributed by atoms with van der Waals surface area (Å²) in [6.07, 6.45) is 0.145. The highest BCUT2D eigenvalue weighted by Gasteiger charge is 2.16. The second-order valence-electron chi connectivity index (χ2n) is 2.60. The normalized spacial score (nSPS) is 39.8. The Hall–Kier alpha value is -0.110. The van der Waals surface area contributed by atoms with Crippen molar-refractivity contribution in [3.63, 3.8) is 0 Å². The van der Waals surface area contributed by atoms with Crippen molar-refractivity contribution in [2.45, 2.75) is 19.5 Å². The van der Waals surface area contributed by atoms with E-state index in [2.05, 4.69) is 12.2 Å². The van der Waals surface area contributed by atoms with Crippen LogP contribution in [0.3, 0.4) is 0 Å². The molecule has 1 heterocycles. The van der Waals surface area contributed by atoms with Gasteiger partial charge in [-0.1, -0.05) is 6.92 Å². The van der Waals surface area contributed by atoms with E-state index in [1.807, 2.05) is 0 Å². The maximum Gasteiger partial charge on any atom is 0.113 e. The van der Waals surface area contributed by atoms with E-state index in [-0.39, 0.29) is 0 Å². The molecule has 0 aromatic carbocycles. The molecule has 1 nitrogen and oxygen atoms in total. The smallest absolute Gasteiger partial charge is 0.113 e. The summed E-state index contributed by atoms with van der Waals surface area (Å²) in [5.74, 6) is 0.527. The first-order valence-electron chi connectivity index (χ1n) is 3.14. The zero-order valence-corrected chi connectivity index (χ0v) is 5.15. The zero-order chi connectivity index (χ0) is 5.98. The van der Waals surface area contributed by atoms with Crippen molar-refractivity contribution in [3.8, 4) is 0 Å². The Kier molecular flexibility index (Phi) is 1.84. The first-order chi connectivity index (χ1) is 3.79. The molecule has 48 valence electrons. The molecular formula is C6H12FN. The average molecular weight is 117 g/mol. The van der Waals surface area contributed by atoms with Crippen LogP contribution in [0.4, 0.5) is 4.39 Å². The van der Waals surface area contributed by atoms with Crippen LogP contribution in [0.1, 0.15) is 13.3 Å². The molecular weight excluding hydrogens is 105 g/mol. The van der Waals surface area contributed by atoms with Crippen LogP contribution in [0.2, 0.25) is 0 Å². The molecule has 1 saturated heterocycles. The Morgan fingerprint density at radius 1 is 1.50 bits per heavy atom. The Balaban J connectivity index is 2.23. The highest BCUT2D eigenvalue weighted by Crippen LogP contribution is 2.11. The van der Waals surface area contributed by atoms with Gasteiger partial charge in [0.05, 0.1) is 0 Å². The van der Waals surface area contributed by atoms with Crippen molar-refractivity contribution in [1.82, 2.24) is 5.32 Å². The van der Waals surface area contributed by atoms with E-state index in [1.165, 1.54) is 0 Å². The summed E-state index contributed by atoms with van der Waals surface area (Å²) in [6.45, 7) is 3.61. The van der Waals surface area contributed by atoms with Crippen molar-refractivity contribution in [3.05, 3.63) is 0 Å². The molecule has 0 aromatic rings. The van der Waals surface area contributed by atoms with Crippen molar-refractivity contribution in [1.29, 1.82) is 0 Å². The lowest BCUT2D eigenvalue weighted by Crippen LogP contribution is -2.35. The summed E-state index contributed by atoms with van der Waals surface area (Å²) in [5, 5.41) is 3.01. The van der Waals surface area contributed by atoms with Gasteiger partial charge in [-0.25, -0.2) is 4.39 Å². The molecule has 0 aliphatic carbocycles. The van der Waals surface area contributed by atoms with Crippen LogP contribution in [0.5, 0.6) is 0 Å². The first-order valence-corrected chi connectivity index (χ1v) is 3.14. The Morgan fingerprint density at radius 3 is 2.62 bits per heavy atom. The van der Waals surface area contributed by atoms with E-state index in [1.54, 1.807) is 0 Å². The molecule has 0 radical (unpaired) electrons. The van der Waals surface area contributed by atoms with Crippen molar-refractivity contribution in [2.75, 3.05) is 13.1 Å². The molecule has 0 amide bonds. The number of piperidine rings is 1. The summed E-state index contributed by atoms with van der Waals surface area (Å²) in [4.78, 5) is 0. The summed E-state index contributed by atoms with van der Waals surface area (Å²) < 4.78 is 12.4. The van der Waals surface area contributed by atoms with E-state index >= 15 is 0 Å². The van der Waals surface area contributed by atoms with Gasteiger partial charge < -0.3 is 5.32 Å². The van der Waals surface area contributed by atoms with Crippen LogP contribution >= 0.6 is 0 Å². The molecule has 2 atom stereocenters. The zero-order valence-electron chi connectivity index (χ0n) is 5.15.